The predicted molar refractivity (Wildman–Crippen MR) is 98.1 cm³/mol. The van der Waals surface area contributed by atoms with Gasteiger partial charge in [-0.05, 0) is 30.9 Å². The Balaban J connectivity index is 1.71. The SMILES string of the molecule is CCOCCc1noc(C2CC(c3ccc(CC)cc3)CN(C=O)C2)n1. The molecule has 3 rings (SSSR count). The molecular weight excluding hydrogens is 330 g/mol. The molecule has 1 amide bonds. The van der Waals surface area contributed by atoms with Crippen LogP contribution in [0.3, 0.4) is 0 Å². The number of carbonyl (C=O) groups excluding carboxylic acids is 1. The Morgan fingerprint density at radius 3 is 2.69 bits per heavy atom. The Kier molecular flexibility index (Phi) is 6.39. The van der Waals surface area contributed by atoms with Gasteiger partial charge < -0.3 is 14.2 Å². The van der Waals surface area contributed by atoms with Crippen LogP contribution in [-0.2, 0) is 22.4 Å². The normalized spacial score (nSPS) is 20.3. The van der Waals surface area contributed by atoms with Crippen molar-refractivity contribution in [3.63, 3.8) is 0 Å². The van der Waals surface area contributed by atoms with Crippen molar-refractivity contribution in [2.24, 2.45) is 0 Å². The van der Waals surface area contributed by atoms with Gasteiger partial charge in [0.05, 0.1) is 12.5 Å². The molecule has 26 heavy (non-hydrogen) atoms. The number of hydrogen-bond donors (Lipinski definition) is 0. The van der Waals surface area contributed by atoms with Gasteiger partial charge in [0.15, 0.2) is 5.82 Å². The van der Waals surface area contributed by atoms with Crippen LogP contribution in [0.1, 0.15) is 54.9 Å². The van der Waals surface area contributed by atoms with Gasteiger partial charge in [0.25, 0.3) is 0 Å². The summed E-state index contributed by atoms with van der Waals surface area (Å²) in [6.45, 7) is 6.74. The van der Waals surface area contributed by atoms with Crippen LogP contribution in [-0.4, -0.2) is 47.8 Å². The standard InChI is InChI=1S/C20H27N3O3/c1-3-15-5-7-16(8-6-15)17-11-18(13-23(12-17)14-24)20-21-19(22-26-20)9-10-25-4-2/h5-8,14,17-18H,3-4,9-13H2,1-2H3. The highest BCUT2D eigenvalue weighted by Crippen LogP contribution is 2.34. The summed E-state index contributed by atoms with van der Waals surface area (Å²) in [5, 5.41) is 4.06. The molecular formula is C20H27N3O3. The molecule has 1 aromatic carbocycles. The third kappa shape index (κ3) is 4.49. The maximum absolute atomic E-state index is 11.4. The van der Waals surface area contributed by atoms with E-state index in [4.69, 9.17) is 9.26 Å². The lowest BCUT2D eigenvalue weighted by atomic mass is 9.84. The minimum absolute atomic E-state index is 0.0677. The smallest absolute Gasteiger partial charge is 0.231 e. The monoisotopic (exact) mass is 357 g/mol. The summed E-state index contributed by atoms with van der Waals surface area (Å²) in [5.74, 6) is 1.64. The van der Waals surface area contributed by atoms with Crippen LogP contribution < -0.4 is 0 Å². The minimum Gasteiger partial charge on any atom is -0.381 e. The van der Waals surface area contributed by atoms with E-state index in [1.54, 1.807) is 0 Å². The van der Waals surface area contributed by atoms with Crippen molar-refractivity contribution >= 4 is 6.41 Å². The van der Waals surface area contributed by atoms with Crippen LogP contribution in [0.4, 0.5) is 0 Å². The van der Waals surface area contributed by atoms with Gasteiger partial charge in [-0.2, -0.15) is 4.98 Å². The maximum atomic E-state index is 11.4. The summed E-state index contributed by atoms with van der Waals surface area (Å²) in [5.41, 5.74) is 2.58. The van der Waals surface area contributed by atoms with Crippen LogP contribution >= 0.6 is 0 Å². The van der Waals surface area contributed by atoms with Crippen molar-refractivity contribution in [3.8, 4) is 0 Å². The molecule has 2 heterocycles. The summed E-state index contributed by atoms with van der Waals surface area (Å²) in [6.07, 6.45) is 3.50. The molecule has 0 spiro atoms. The summed E-state index contributed by atoms with van der Waals surface area (Å²) in [7, 11) is 0. The molecule has 0 N–H and O–H groups in total. The van der Waals surface area contributed by atoms with E-state index in [-0.39, 0.29) is 11.8 Å². The first-order valence-corrected chi connectivity index (χ1v) is 9.41. The average Bonchev–Trinajstić information content (AvgIpc) is 3.17. The molecule has 1 aromatic heterocycles. The number of aryl methyl sites for hydroxylation is 1. The maximum Gasteiger partial charge on any atom is 0.231 e. The van der Waals surface area contributed by atoms with Gasteiger partial charge in [-0.15, -0.1) is 0 Å². The van der Waals surface area contributed by atoms with Crippen molar-refractivity contribution in [1.29, 1.82) is 0 Å². The lowest BCUT2D eigenvalue weighted by Crippen LogP contribution is -2.37. The van der Waals surface area contributed by atoms with Gasteiger partial charge in [0, 0.05) is 32.0 Å². The lowest BCUT2D eigenvalue weighted by molar-refractivity contribution is -0.119. The zero-order valence-corrected chi connectivity index (χ0v) is 15.6. The third-order valence-electron chi connectivity index (χ3n) is 4.99. The number of amides is 1. The van der Waals surface area contributed by atoms with E-state index in [0.29, 0.717) is 37.9 Å². The van der Waals surface area contributed by atoms with Crippen LogP contribution in [0.5, 0.6) is 0 Å². The van der Waals surface area contributed by atoms with E-state index < -0.39 is 0 Å². The second kappa shape index (κ2) is 8.94. The fourth-order valence-electron chi connectivity index (χ4n) is 3.51. The summed E-state index contributed by atoms with van der Waals surface area (Å²) >= 11 is 0. The Bertz CT molecular complexity index is 699. The molecule has 2 unspecified atom stereocenters. The molecule has 0 radical (unpaired) electrons. The molecule has 140 valence electrons. The summed E-state index contributed by atoms with van der Waals surface area (Å²) in [6, 6.07) is 8.69. The molecule has 0 bridgehead atoms. The van der Waals surface area contributed by atoms with Crippen LogP contribution in [0, 0.1) is 0 Å². The Hall–Kier alpha value is -2.21. The van der Waals surface area contributed by atoms with E-state index >= 15 is 0 Å². The second-order valence-electron chi connectivity index (χ2n) is 6.78. The van der Waals surface area contributed by atoms with Gasteiger partial charge in [0.1, 0.15) is 0 Å². The zero-order chi connectivity index (χ0) is 18.4. The quantitative estimate of drug-likeness (QED) is 0.537. The number of ether oxygens (including phenoxy) is 1. The third-order valence-corrected chi connectivity index (χ3v) is 4.99. The van der Waals surface area contributed by atoms with E-state index in [9.17, 15) is 4.79 Å². The van der Waals surface area contributed by atoms with Crippen molar-refractivity contribution in [1.82, 2.24) is 15.0 Å². The van der Waals surface area contributed by atoms with Crippen LogP contribution in [0.2, 0.25) is 0 Å². The fourth-order valence-corrected chi connectivity index (χ4v) is 3.51. The van der Waals surface area contributed by atoms with E-state index in [2.05, 4.69) is 41.3 Å². The van der Waals surface area contributed by atoms with Crippen molar-refractivity contribution in [2.75, 3.05) is 26.3 Å². The molecule has 1 aliphatic rings. The highest BCUT2D eigenvalue weighted by atomic mass is 16.5. The molecule has 2 aromatic rings. The molecule has 1 aliphatic heterocycles. The minimum atomic E-state index is 0.0677. The number of likely N-dealkylation sites (tertiary alicyclic amines) is 1. The lowest BCUT2D eigenvalue weighted by Gasteiger charge is -2.34. The molecule has 2 atom stereocenters. The number of piperidine rings is 1. The van der Waals surface area contributed by atoms with Gasteiger partial charge in [0.2, 0.25) is 12.3 Å². The van der Waals surface area contributed by atoms with E-state index in [1.165, 1.54) is 11.1 Å². The number of hydrogen-bond acceptors (Lipinski definition) is 5. The van der Waals surface area contributed by atoms with Gasteiger partial charge in [-0.1, -0.05) is 36.3 Å². The molecule has 1 fully saturated rings. The van der Waals surface area contributed by atoms with Gasteiger partial charge >= 0.3 is 0 Å². The van der Waals surface area contributed by atoms with Crippen molar-refractivity contribution in [2.45, 2.75) is 44.9 Å². The van der Waals surface area contributed by atoms with Crippen LogP contribution in [0.25, 0.3) is 0 Å². The summed E-state index contributed by atoms with van der Waals surface area (Å²) < 4.78 is 10.8. The summed E-state index contributed by atoms with van der Waals surface area (Å²) in [4.78, 5) is 17.8. The highest BCUT2D eigenvalue weighted by molar-refractivity contribution is 5.48. The molecule has 6 heteroatoms. The first-order valence-electron chi connectivity index (χ1n) is 9.41. The van der Waals surface area contributed by atoms with E-state index in [1.807, 2.05) is 11.8 Å². The topological polar surface area (TPSA) is 68.5 Å². The predicted octanol–water partition coefficient (Wildman–Crippen LogP) is 2.94. The van der Waals surface area contributed by atoms with Gasteiger partial charge in [-0.25, -0.2) is 0 Å². The number of rotatable bonds is 8. The Morgan fingerprint density at radius 1 is 1.23 bits per heavy atom. The largest absolute Gasteiger partial charge is 0.381 e. The molecule has 6 nitrogen and oxygen atoms in total. The Labute approximate surface area is 154 Å². The second-order valence-corrected chi connectivity index (χ2v) is 6.78. The van der Waals surface area contributed by atoms with Crippen molar-refractivity contribution < 1.29 is 14.1 Å². The fraction of sp³-hybridized carbons (Fsp3) is 0.550. The van der Waals surface area contributed by atoms with Gasteiger partial charge in [-0.3, -0.25) is 4.79 Å². The van der Waals surface area contributed by atoms with Crippen LogP contribution in [0.15, 0.2) is 28.8 Å². The number of benzene rings is 1. The van der Waals surface area contributed by atoms with E-state index in [0.717, 1.165) is 25.8 Å². The van der Waals surface area contributed by atoms with Crippen molar-refractivity contribution in [3.05, 3.63) is 47.1 Å². The first kappa shape index (κ1) is 18.6. The highest BCUT2D eigenvalue weighted by Gasteiger charge is 2.32. The molecule has 0 saturated carbocycles. The first-order chi connectivity index (χ1) is 12.7. The number of carbonyl (C=O) groups is 1. The average molecular weight is 357 g/mol. The molecule has 0 aliphatic carbocycles. The molecule has 1 saturated heterocycles. The number of nitrogens with zero attached hydrogens (tertiary/aromatic N) is 3. The Morgan fingerprint density at radius 2 is 2.00 bits per heavy atom. The zero-order valence-electron chi connectivity index (χ0n) is 15.6. The number of aromatic nitrogens is 2.